The van der Waals surface area contributed by atoms with Crippen LogP contribution in [-0.2, 0) is 11.2 Å². The van der Waals surface area contributed by atoms with Crippen molar-refractivity contribution in [3.05, 3.63) is 58.6 Å². The van der Waals surface area contributed by atoms with Crippen molar-refractivity contribution in [2.75, 3.05) is 19.8 Å². The van der Waals surface area contributed by atoms with Crippen LogP contribution in [0, 0.1) is 11.8 Å². The van der Waals surface area contributed by atoms with E-state index in [1.54, 1.807) is 6.07 Å². The lowest BCUT2D eigenvalue weighted by Gasteiger charge is -2.11. The summed E-state index contributed by atoms with van der Waals surface area (Å²) in [5.41, 5.74) is 1.70. The van der Waals surface area contributed by atoms with Crippen LogP contribution >= 0.6 is 11.6 Å². The maximum Gasteiger partial charge on any atom is 0.225 e. The quantitative estimate of drug-likeness (QED) is 0.860. The molecule has 1 aliphatic heterocycles. The molecule has 0 spiro atoms. The maximum absolute atomic E-state index is 12.1. The van der Waals surface area contributed by atoms with Crippen molar-refractivity contribution in [2.24, 2.45) is 0 Å². The minimum absolute atomic E-state index is 0.118. The summed E-state index contributed by atoms with van der Waals surface area (Å²) in [4.78, 5) is 12.1. The van der Waals surface area contributed by atoms with Gasteiger partial charge in [0.1, 0.15) is 0 Å². The summed E-state index contributed by atoms with van der Waals surface area (Å²) in [6.45, 7) is 1.45. The van der Waals surface area contributed by atoms with Gasteiger partial charge in [-0.15, -0.1) is 0 Å². The fourth-order valence-electron chi connectivity index (χ4n) is 2.44. The van der Waals surface area contributed by atoms with Gasteiger partial charge in [-0.2, -0.15) is 0 Å². The van der Waals surface area contributed by atoms with E-state index < -0.39 is 0 Å². The highest BCUT2D eigenvalue weighted by Gasteiger charge is 2.16. The molecule has 1 heterocycles. The van der Waals surface area contributed by atoms with Gasteiger partial charge in [0, 0.05) is 12.0 Å². The maximum atomic E-state index is 12.1. The minimum Gasteiger partial charge on any atom is -0.489 e. The third-order valence-electron chi connectivity index (χ3n) is 3.61. The van der Waals surface area contributed by atoms with Gasteiger partial charge in [0.15, 0.2) is 11.5 Å². The largest absolute Gasteiger partial charge is 0.489 e. The van der Waals surface area contributed by atoms with Crippen molar-refractivity contribution >= 4 is 17.5 Å². The normalized spacial score (nSPS) is 12.5. The van der Waals surface area contributed by atoms with Crippen LogP contribution < -0.4 is 14.8 Å². The van der Waals surface area contributed by atoms with Gasteiger partial charge in [0.05, 0.1) is 31.2 Å². The molecule has 1 aliphatic rings. The highest BCUT2D eigenvalue weighted by Crippen LogP contribution is 2.38. The number of benzene rings is 2. The number of amides is 1. The number of fused-ring (bicyclic) bond motifs is 1. The second-order valence-corrected chi connectivity index (χ2v) is 5.98. The van der Waals surface area contributed by atoms with Crippen LogP contribution in [-0.4, -0.2) is 25.7 Å². The van der Waals surface area contributed by atoms with Gasteiger partial charge < -0.3 is 14.8 Å². The summed E-state index contributed by atoms with van der Waals surface area (Å²) >= 11 is 6.24. The van der Waals surface area contributed by atoms with Crippen molar-refractivity contribution < 1.29 is 14.3 Å². The van der Waals surface area contributed by atoms with Crippen LogP contribution in [0.2, 0.25) is 5.02 Å². The molecule has 128 valence electrons. The van der Waals surface area contributed by atoms with Crippen LogP contribution in [0.3, 0.4) is 0 Å². The fourth-order valence-corrected chi connectivity index (χ4v) is 2.73. The molecular weight excluding hydrogens is 338 g/mol. The lowest BCUT2D eigenvalue weighted by atomic mass is 10.1. The average molecular weight is 356 g/mol. The van der Waals surface area contributed by atoms with E-state index in [1.807, 2.05) is 36.4 Å². The summed E-state index contributed by atoms with van der Waals surface area (Å²) in [5.74, 6) is 6.96. The number of carbonyl (C=O) groups excluding carboxylic acids is 1. The molecule has 0 fully saturated rings. The van der Waals surface area contributed by atoms with Gasteiger partial charge in [0.2, 0.25) is 5.91 Å². The molecule has 0 atom stereocenters. The number of ether oxygens (including phenoxy) is 2. The Balaban J connectivity index is 1.57. The molecule has 0 unspecified atom stereocenters. The summed E-state index contributed by atoms with van der Waals surface area (Å²) < 4.78 is 11.2. The first-order valence-electron chi connectivity index (χ1n) is 8.11. The van der Waals surface area contributed by atoms with Crippen molar-refractivity contribution in [1.82, 2.24) is 5.32 Å². The van der Waals surface area contributed by atoms with E-state index in [-0.39, 0.29) is 12.3 Å². The Kier molecular flexibility index (Phi) is 5.81. The minimum atomic E-state index is -0.118. The molecule has 0 aliphatic carbocycles. The molecule has 25 heavy (non-hydrogen) atoms. The molecule has 0 aromatic heterocycles. The molecule has 0 radical (unpaired) electrons. The molecule has 0 saturated heterocycles. The van der Waals surface area contributed by atoms with Crippen LogP contribution in [0.1, 0.15) is 17.5 Å². The summed E-state index contributed by atoms with van der Waals surface area (Å²) in [7, 11) is 0. The Morgan fingerprint density at radius 1 is 1.16 bits per heavy atom. The Hall–Kier alpha value is -2.64. The SMILES string of the molecule is O=C(Cc1cc(Cl)c2c(c1)OCCCO2)NCC#Cc1ccccc1. The summed E-state index contributed by atoms with van der Waals surface area (Å²) in [6, 6.07) is 13.2. The first kappa shape index (κ1) is 17.2. The third-order valence-corrected chi connectivity index (χ3v) is 3.89. The molecule has 1 amide bonds. The van der Waals surface area contributed by atoms with E-state index in [0.717, 1.165) is 17.5 Å². The predicted octanol–water partition coefficient (Wildman–Crippen LogP) is 3.21. The van der Waals surface area contributed by atoms with Crippen LogP contribution in [0.4, 0.5) is 0 Å². The average Bonchev–Trinajstić information content (AvgIpc) is 2.85. The van der Waals surface area contributed by atoms with E-state index in [4.69, 9.17) is 21.1 Å². The second kappa shape index (κ2) is 8.46. The van der Waals surface area contributed by atoms with Crippen molar-refractivity contribution in [3.63, 3.8) is 0 Å². The number of hydrogen-bond acceptors (Lipinski definition) is 3. The van der Waals surface area contributed by atoms with Gasteiger partial charge >= 0.3 is 0 Å². The zero-order chi connectivity index (χ0) is 17.5. The van der Waals surface area contributed by atoms with E-state index in [0.29, 0.717) is 36.3 Å². The smallest absolute Gasteiger partial charge is 0.225 e. The summed E-state index contributed by atoms with van der Waals surface area (Å²) in [6.07, 6.45) is 1.02. The van der Waals surface area contributed by atoms with Crippen LogP contribution in [0.25, 0.3) is 0 Å². The molecule has 3 rings (SSSR count). The van der Waals surface area contributed by atoms with Crippen LogP contribution in [0.15, 0.2) is 42.5 Å². The number of halogens is 1. The van der Waals surface area contributed by atoms with E-state index in [2.05, 4.69) is 17.2 Å². The first-order valence-corrected chi connectivity index (χ1v) is 8.49. The van der Waals surface area contributed by atoms with Gasteiger partial charge in [0.25, 0.3) is 0 Å². The zero-order valence-electron chi connectivity index (χ0n) is 13.7. The van der Waals surface area contributed by atoms with Gasteiger partial charge in [-0.1, -0.05) is 41.6 Å². The van der Waals surface area contributed by atoms with Crippen molar-refractivity contribution in [3.8, 4) is 23.3 Å². The first-order chi connectivity index (χ1) is 12.2. The molecule has 4 nitrogen and oxygen atoms in total. The second-order valence-electron chi connectivity index (χ2n) is 5.58. The number of carbonyl (C=O) groups is 1. The summed E-state index contributed by atoms with van der Waals surface area (Å²) in [5, 5.41) is 3.25. The molecule has 0 saturated carbocycles. The van der Waals surface area contributed by atoms with Gasteiger partial charge in [-0.3, -0.25) is 4.79 Å². The predicted molar refractivity (Wildman–Crippen MR) is 97.1 cm³/mol. The molecule has 0 bridgehead atoms. The molecule has 2 aromatic rings. The zero-order valence-corrected chi connectivity index (χ0v) is 14.4. The standard InChI is InChI=1S/C20H18ClNO3/c21-17-12-16(13-18-20(17)25-11-5-10-24-18)14-19(23)22-9-4-8-15-6-2-1-3-7-15/h1-3,6-7,12-13H,5,9-11,14H2,(H,22,23). The molecule has 1 N–H and O–H groups in total. The fraction of sp³-hybridized carbons (Fsp3) is 0.250. The Labute approximate surface area is 152 Å². The topological polar surface area (TPSA) is 47.6 Å². The lowest BCUT2D eigenvalue weighted by Crippen LogP contribution is -2.25. The van der Waals surface area contributed by atoms with E-state index >= 15 is 0 Å². The monoisotopic (exact) mass is 355 g/mol. The third kappa shape index (κ3) is 4.91. The molecule has 2 aromatic carbocycles. The van der Waals surface area contributed by atoms with Gasteiger partial charge in [-0.25, -0.2) is 0 Å². The van der Waals surface area contributed by atoms with E-state index in [1.165, 1.54) is 0 Å². The van der Waals surface area contributed by atoms with Crippen molar-refractivity contribution in [2.45, 2.75) is 12.8 Å². The Morgan fingerprint density at radius 2 is 1.96 bits per heavy atom. The number of hydrogen-bond donors (Lipinski definition) is 1. The number of rotatable bonds is 3. The Bertz CT molecular complexity index is 809. The molecule has 5 heteroatoms. The van der Waals surface area contributed by atoms with E-state index in [9.17, 15) is 4.79 Å². The Morgan fingerprint density at radius 3 is 2.80 bits per heavy atom. The lowest BCUT2D eigenvalue weighted by molar-refractivity contribution is -0.120. The van der Waals surface area contributed by atoms with Crippen LogP contribution in [0.5, 0.6) is 11.5 Å². The highest BCUT2D eigenvalue weighted by molar-refractivity contribution is 6.32. The highest BCUT2D eigenvalue weighted by atomic mass is 35.5. The van der Waals surface area contributed by atoms with Crippen molar-refractivity contribution in [1.29, 1.82) is 0 Å². The molecular formula is C20H18ClNO3. The number of nitrogens with one attached hydrogen (secondary N) is 1. The van der Waals surface area contributed by atoms with Gasteiger partial charge in [-0.05, 0) is 29.8 Å².